The van der Waals surface area contributed by atoms with Crippen LogP contribution in [0.5, 0.6) is 0 Å². The number of nitrogens with zero attached hydrogens (tertiary/aromatic N) is 3. The minimum absolute atomic E-state index is 0.0626. The first-order valence-electron chi connectivity index (χ1n) is 5.74. The molecule has 0 saturated carbocycles. The monoisotopic (exact) mass is 258 g/mol. The highest BCUT2D eigenvalue weighted by Gasteiger charge is 2.03. The van der Waals surface area contributed by atoms with Crippen LogP contribution < -0.4 is 5.43 Å². The number of non-ortho nitro benzene ring substituents is 1. The molecule has 1 N–H and O–H groups in total. The lowest BCUT2D eigenvalue weighted by Gasteiger charge is -2.01. The molecule has 2 rings (SSSR count). The molecule has 98 valence electrons. The molecule has 0 aliphatic rings. The Balaban J connectivity index is 2.02. The summed E-state index contributed by atoms with van der Waals surface area (Å²) < 4.78 is 2.01. The van der Waals surface area contributed by atoms with Gasteiger partial charge in [0.1, 0.15) is 0 Å². The number of hydrazone groups is 1. The fourth-order valence-corrected chi connectivity index (χ4v) is 1.59. The van der Waals surface area contributed by atoms with E-state index in [9.17, 15) is 10.1 Å². The number of aromatic nitrogens is 1. The Morgan fingerprint density at radius 1 is 1.26 bits per heavy atom. The molecule has 0 unspecified atom stereocenters. The third-order valence-corrected chi connectivity index (χ3v) is 2.88. The van der Waals surface area contributed by atoms with Gasteiger partial charge in [-0.15, -0.1) is 0 Å². The van der Waals surface area contributed by atoms with Gasteiger partial charge in [0, 0.05) is 24.9 Å². The van der Waals surface area contributed by atoms with E-state index in [1.165, 1.54) is 12.1 Å². The molecule has 6 heteroatoms. The zero-order valence-corrected chi connectivity index (χ0v) is 10.7. The predicted octanol–water partition coefficient (Wildman–Crippen LogP) is 2.69. The summed E-state index contributed by atoms with van der Waals surface area (Å²) in [7, 11) is 1.96. The first-order chi connectivity index (χ1) is 9.08. The van der Waals surface area contributed by atoms with E-state index in [1.54, 1.807) is 18.3 Å². The SMILES string of the molecule is Cc1ccc(/C=N/Nc2ccc([N+](=O)[O-])cc2)n1C. The third kappa shape index (κ3) is 2.98. The fourth-order valence-electron chi connectivity index (χ4n) is 1.59. The molecule has 0 saturated heterocycles. The summed E-state index contributed by atoms with van der Waals surface area (Å²) in [5, 5.41) is 14.6. The summed E-state index contributed by atoms with van der Waals surface area (Å²) in [5.41, 5.74) is 5.72. The van der Waals surface area contributed by atoms with Gasteiger partial charge in [0.25, 0.3) is 5.69 Å². The Labute approximate surface area is 110 Å². The van der Waals surface area contributed by atoms with Crippen molar-refractivity contribution in [3.63, 3.8) is 0 Å². The topological polar surface area (TPSA) is 72.5 Å². The van der Waals surface area contributed by atoms with E-state index in [2.05, 4.69) is 10.5 Å². The fraction of sp³-hybridized carbons (Fsp3) is 0.154. The number of hydrogen-bond donors (Lipinski definition) is 1. The van der Waals surface area contributed by atoms with Gasteiger partial charge in [-0.2, -0.15) is 5.10 Å². The lowest BCUT2D eigenvalue weighted by atomic mass is 10.3. The Bertz CT molecular complexity index is 614. The van der Waals surface area contributed by atoms with Gasteiger partial charge < -0.3 is 4.57 Å². The van der Waals surface area contributed by atoms with Crippen molar-refractivity contribution in [3.8, 4) is 0 Å². The highest BCUT2D eigenvalue weighted by atomic mass is 16.6. The van der Waals surface area contributed by atoms with Gasteiger partial charge in [-0.25, -0.2) is 0 Å². The second kappa shape index (κ2) is 5.34. The van der Waals surface area contributed by atoms with Crippen LogP contribution in [0.15, 0.2) is 41.5 Å². The molecule has 6 nitrogen and oxygen atoms in total. The summed E-state index contributed by atoms with van der Waals surface area (Å²) in [6, 6.07) is 10.1. The number of anilines is 1. The van der Waals surface area contributed by atoms with Crippen LogP contribution in [-0.4, -0.2) is 15.7 Å². The second-order valence-corrected chi connectivity index (χ2v) is 4.13. The largest absolute Gasteiger partial charge is 0.347 e. The number of nitro groups is 1. The second-order valence-electron chi connectivity index (χ2n) is 4.13. The summed E-state index contributed by atoms with van der Waals surface area (Å²) in [6.45, 7) is 2.01. The maximum absolute atomic E-state index is 10.5. The van der Waals surface area contributed by atoms with Crippen molar-refractivity contribution in [3.05, 3.63) is 57.9 Å². The standard InChI is InChI=1S/C13H14N4O2/c1-10-3-6-13(16(10)2)9-14-15-11-4-7-12(8-5-11)17(18)19/h3-9,15H,1-2H3/b14-9+. The Morgan fingerprint density at radius 2 is 1.95 bits per heavy atom. The molecular formula is C13H14N4O2. The maximum Gasteiger partial charge on any atom is 0.269 e. The van der Waals surface area contributed by atoms with Crippen molar-refractivity contribution < 1.29 is 4.92 Å². The molecule has 0 atom stereocenters. The van der Waals surface area contributed by atoms with E-state index >= 15 is 0 Å². The number of hydrogen-bond acceptors (Lipinski definition) is 4. The molecule has 0 radical (unpaired) electrons. The van der Waals surface area contributed by atoms with Crippen LogP contribution in [0.25, 0.3) is 0 Å². The predicted molar refractivity (Wildman–Crippen MR) is 74.5 cm³/mol. The van der Waals surface area contributed by atoms with Crippen LogP contribution in [0, 0.1) is 17.0 Å². The summed E-state index contributed by atoms with van der Waals surface area (Å²) >= 11 is 0. The Morgan fingerprint density at radius 3 is 2.47 bits per heavy atom. The minimum Gasteiger partial charge on any atom is -0.347 e. The van der Waals surface area contributed by atoms with Gasteiger partial charge in [-0.05, 0) is 31.2 Å². The van der Waals surface area contributed by atoms with E-state index < -0.39 is 4.92 Å². The maximum atomic E-state index is 10.5. The molecule has 0 amide bonds. The Kier molecular flexibility index (Phi) is 3.61. The first kappa shape index (κ1) is 12.8. The van der Waals surface area contributed by atoms with Crippen LogP contribution in [0.1, 0.15) is 11.4 Å². The smallest absolute Gasteiger partial charge is 0.269 e. The molecule has 0 aliphatic carbocycles. The summed E-state index contributed by atoms with van der Waals surface area (Å²) in [5.74, 6) is 0. The quantitative estimate of drug-likeness (QED) is 0.520. The number of benzene rings is 1. The van der Waals surface area contributed by atoms with Gasteiger partial charge in [-0.1, -0.05) is 0 Å². The van der Waals surface area contributed by atoms with Crippen LogP contribution in [0.4, 0.5) is 11.4 Å². The van der Waals surface area contributed by atoms with Gasteiger partial charge in [0.2, 0.25) is 0 Å². The molecular weight excluding hydrogens is 244 g/mol. The van der Waals surface area contributed by atoms with Crippen molar-refractivity contribution in [1.29, 1.82) is 0 Å². The first-order valence-corrected chi connectivity index (χ1v) is 5.74. The van der Waals surface area contributed by atoms with E-state index in [-0.39, 0.29) is 5.69 Å². The summed E-state index contributed by atoms with van der Waals surface area (Å²) in [4.78, 5) is 10.1. The van der Waals surface area contributed by atoms with Crippen LogP contribution in [0.3, 0.4) is 0 Å². The van der Waals surface area contributed by atoms with Crippen LogP contribution >= 0.6 is 0 Å². The van der Waals surface area contributed by atoms with Crippen molar-refractivity contribution in [1.82, 2.24) is 4.57 Å². The van der Waals surface area contributed by atoms with Gasteiger partial charge in [-0.3, -0.25) is 15.5 Å². The van der Waals surface area contributed by atoms with Crippen LogP contribution in [0.2, 0.25) is 0 Å². The number of aryl methyl sites for hydroxylation is 1. The van der Waals surface area contributed by atoms with E-state index in [1.807, 2.05) is 30.7 Å². The minimum atomic E-state index is -0.431. The highest BCUT2D eigenvalue weighted by molar-refractivity contribution is 5.78. The van der Waals surface area contributed by atoms with Gasteiger partial charge in [0.05, 0.1) is 22.5 Å². The van der Waals surface area contributed by atoms with Crippen LogP contribution in [-0.2, 0) is 7.05 Å². The van der Waals surface area contributed by atoms with Crippen molar-refractivity contribution in [2.24, 2.45) is 12.1 Å². The molecule has 19 heavy (non-hydrogen) atoms. The molecule has 1 aromatic heterocycles. The normalized spacial score (nSPS) is 10.8. The lowest BCUT2D eigenvalue weighted by Crippen LogP contribution is -1.98. The molecule has 0 bridgehead atoms. The molecule has 0 fully saturated rings. The molecule has 0 spiro atoms. The molecule has 1 heterocycles. The van der Waals surface area contributed by atoms with Crippen molar-refractivity contribution in [2.45, 2.75) is 6.92 Å². The lowest BCUT2D eigenvalue weighted by molar-refractivity contribution is -0.384. The average Bonchev–Trinajstić information content (AvgIpc) is 2.71. The average molecular weight is 258 g/mol. The zero-order chi connectivity index (χ0) is 13.8. The third-order valence-electron chi connectivity index (χ3n) is 2.88. The molecule has 2 aromatic rings. The highest BCUT2D eigenvalue weighted by Crippen LogP contribution is 2.15. The van der Waals surface area contributed by atoms with Crippen molar-refractivity contribution >= 4 is 17.6 Å². The van der Waals surface area contributed by atoms with Crippen molar-refractivity contribution in [2.75, 3.05) is 5.43 Å². The number of nitro benzene ring substituents is 1. The zero-order valence-electron chi connectivity index (χ0n) is 10.7. The van der Waals surface area contributed by atoms with E-state index in [0.29, 0.717) is 5.69 Å². The Hall–Kier alpha value is -2.63. The number of nitrogens with one attached hydrogen (secondary N) is 1. The number of rotatable bonds is 4. The molecule has 0 aliphatic heterocycles. The van der Waals surface area contributed by atoms with E-state index in [4.69, 9.17) is 0 Å². The van der Waals surface area contributed by atoms with Gasteiger partial charge in [0.15, 0.2) is 0 Å². The van der Waals surface area contributed by atoms with E-state index in [0.717, 1.165) is 11.4 Å². The molecule has 1 aromatic carbocycles. The summed E-state index contributed by atoms with van der Waals surface area (Å²) in [6.07, 6.45) is 1.70. The van der Waals surface area contributed by atoms with Gasteiger partial charge >= 0.3 is 0 Å².